The molecule has 1 saturated heterocycles. The van der Waals surface area contributed by atoms with Gasteiger partial charge in [-0.3, -0.25) is 4.57 Å². The molecular formula is C10H18N3O3P. The molecule has 6 nitrogen and oxygen atoms in total. The molecule has 0 bridgehead atoms. The van der Waals surface area contributed by atoms with Crippen LogP contribution in [-0.2, 0) is 13.6 Å². The van der Waals surface area contributed by atoms with E-state index in [1.165, 1.54) is 0 Å². The van der Waals surface area contributed by atoms with Crippen LogP contribution in [0.4, 0.5) is 0 Å². The molecule has 0 aromatic carbocycles. The molecule has 1 fully saturated rings. The van der Waals surface area contributed by atoms with Gasteiger partial charge in [0.2, 0.25) is 0 Å². The molecule has 7 heteroatoms. The lowest BCUT2D eigenvalue weighted by molar-refractivity contribution is 0.0459. The molecule has 1 aliphatic heterocycles. The normalized spacial score (nSPS) is 22.9. The number of nitrogens with one attached hydrogen (secondary N) is 1. The van der Waals surface area contributed by atoms with Gasteiger partial charge in [0.1, 0.15) is 5.69 Å². The van der Waals surface area contributed by atoms with Gasteiger partial charge in [-0.05, 0) is 5.92 Å². The summed E-state index contributed by atoms with van der Waals surface area (Å²) in [5.74, 6) is 0.122. The zero-order valence-corrected chi connectivity index (χ0v) is 11.5. The Morgan fingerprint density at radius 1 is 1.29 bits per heavy atom. The van der Waals surface area contributed by atoms with Crippen molar-refractivity contribution in [3.63, 3.8) is 0 Å². The van der Waals surface area contributed by atoms with Gasteiger partial charge < -0.3 is 9.05 Å². The van der Waals surface area contributed by atoms with Crippen LogP contribution < -0.4 is 5.44 Å². The highest BCUT2D eigenvalue weighted by atomic mass is 31.2. The highest BCUT2D eigenvalue weighted by Gasteiger charge is 2.42. The van der Waals surface area contributed by atoms with Crippen LogP contribution in [0.1, 0.15) is 39.3 Å². The molecule has 0 atom stereocenters. The summed E-state index contributed by atoms with van der Waals surface area (Å²) in [6.45, 7) is 8.72. The Hall–Kier alpha value is -0.710. The zero-order valence-electron chi connectivity index (χ0n) is 10.6. The standard InChI is InChI=1S/C10H18N3O3P/c1-7(2)8-9(12-13-11-8)17(14)15-5-10(3,4)6-16-17/h7H,5-6H2,1-4H3,(H,11,12,13). The van der Waals surface area contributed by atoms with Crippen molar-refractivity contribution in [3.8, 4) is 0 Å². The lowest BCUT2D eigenvalue weighted by atomic mass is 9.97. The molecule has 1 aliphatic rings. The maximum atomic E-state index is 12.5. The Morgan fingerprint density at radius 2 is 1.88 bits per heavy atom. The number of hydrogen-bond acceptors (Lipinski definition) is 5. The molecule has 1 aromatic heterocycles. The van der Waals surface area contributed by atoms with Crippen molar-refractivity contribution in [3.05, 3.63) is 5.69 Å². The maximum absolute atomic E-state index is 12.5. The zero-order chi connectivity index (χ0) is 12.7. The van der Waals surface area contributed by atoms with Gasteiger partial charge in [0.25, 0.3) is 0 Å². The van der Waals surface area contributed by atoms with Crippen LogP contribution in [0.15, 0.2) is 0 Å². The van der Waals surface area contributed by atoms with Crippen molar-refractivity contribution < 1.29 is 13.6 Å². The summed E-state index contributed by atoms with van der Waals surface area (Å²) in [5, 5.41) is 10.4. The fraction of sp³-hybridized carbons (Fsp3) is 0.800. The topological polar surface area (TPSA) is 77.1 Å². The minimum absolute atomic E-state index is 0.115. The van der Waals surface area contributed by atoms with E-state index in [1.54, 1.807) is 0 Å². The van der Waals surface area contributed by atoms with E-state index in [2.05, 4.69) is 15.4 Å². The highest BCUT2D eigenvalue weighted by molar-refractivity contribution is 7.62. The number of H-pyrrole nitrogens is 1. The molecule has 2 heterocycles. The van der Waals surface area contributed by atoms with Crippen molar-refractivity contribution in [1.29, 1.82) is 0 Å². The molecular weight excluding hydrogens is 241 g/mol. The van der Waals surface area contributed by atoms with Crippen LogP contribution in [0.5, 0.6) is 0 Å². The minimum atomic E-state index is -3.29. The SMILES string of the molecule is CC(C)c1n[nH]nc1P1(=O)OCC(C)(C)CO1. The largest absolute Gasteiger partial charge is 0.383 e. The van der Waals surface area contributed by atoms with Crippen molar-refractivity contribution in [1.82, 2.24) is 15.4 Å². The third-order valence-corrected chi connectivity index (χ3v) is 4.40. The van der Waals surface area contributed by atoms with Gasteiger partial charge >= 0.3 is 7.60 Å². The molecule has 0 amide bonds. The Bertz CT molecular complexity index is 441. The summed E-state index contributed by atoms with van der Waals surface area (Å²) in [5.41, 5.74) is 0.853. The molecule has 0 unspecified atom stereocenters. The van der Waals surface area contributed by atoms with Crippen LogP contribution >= 0.6 is 7.60 Å². The lowest BCUT2D eigenvalue weighted by Gasteiger charge is -2.33. The third-order valence-electron chi connectivity index (χ3n) is 2.61. The third kappa shape index (κ3) is 2.44. The molecule has 1 N–H and O–H groups in total. The number of hydrogen-bond donors (Lipinski definition) is 1. The molecule has 0 saturated carbocycles. The second kappa shape index (κ2) is 4.19. The van der Waals surface area contributed by atoms with E-state index in [-0.39, 0.29) is 11.3 Å². The Balaban J connectivity index is 2.28. The van der Waals surface area contributed by atoms with E-state index in [0.29, 0.717) is 24.3 Å². The van der Waals surface area contributed by atoms with Gasteiger partial charge in [0.05, 0.1) is 13.2 Å². The van der Waals surface area contributed by atoms with Gasteiger partial charge in [0.15, 0.2) is 5.44 Å². The van der Waals surface area contributed by atoms with Gasteiger partial charge in [-0.25, -0.2) is 0 Å². The number of nitrogens with zero attached hydrogens (tertiary/aromatic N) is 2. The quantitative estimate of drug-likeness (QED) is 0.820. The van der Waals surface area contributed by atoms with Crippen LogP contribution in [0.2, 0.25) is 0 Å². The first-order valence-corrected chi connectivity index (χ1v) is 7.19. The van der Waals surface area contributed by atoms with Gasteiger partial charge in [-0.15, -0.1) is 5.10 Å². The summed E-state index contributed by atoms with van der Waals surface area (Å²) in [6, 6.07) is 0. The average molecular weight is 259 g/mol. The second-order valence-corrected chi connectivity index (χ2v) is 7.33. The lowest BCUT2D eigenvalue weighted by Crippen LogP contribution is -2.33. The number of aromatic amines is 1. The monoisotopic (exact) mass is 259 g/mol. The molecule has 17 heavy (non-hydrogen) atoms. The van der Waals surface area contributed by atoms with E-state index in [9.17, 15) is 4.57 Å². The minimum Gasteiger partial charge on any atom is -0.303 e. The van der Waals surface area contributed by atoms with E-state index < -0.39 is 7.60 Å². The van der Waals surface area contributed by atoms with Crippen molar-refractivity contribution in [2.45, 2.75) is 33.6 Å². The highest BCUT2D eigenvalue weighted by Crippen LogP contribution is 2.52. The summed E-state index contributed by atoms with van der Waals surface area (Å²) in [4.78, 5) is 0. The van der Waals surface area contributed by atoms with Crippen LogP contribution in [0.25, 0.3) is 0 Å². The first-order valence-electron chi connectivity index (χ1n) is 5.64. The summed E-state index contributed by atoms with van der Waals surface area (Å²) >= 11 is 0. The Morgan fingerprint density at radius 3 is 2.41 bits per heavy atom. The molecule has 0 radical (unpaired) electrons. The van der Waals surface area contributed by atoms with Crippen molar-refractivity contribution in [2.75, 3.05) is 13.2 Å². The first kappa shape index (κ1) is 12.7. The number of aromatic nitrogens is 3. The van der Waals surface area contributed by atoms with E-state index in [1.807, 2.05) is 27.7 Å². The smallest absolute Gasteiger partial charge is 0.303 e. The summed E-state index contributed by atoms with van der Waals surface area (Å²) < 4.78 is 23.4. The summed E-state index contributed by atoms with van der Waals surface area (Å²) in [6.07, 6.45) is 0. The van der Waals surface area contributed by atoms with Gasteiger partial charge in [0, 0.05) is 5.41 Å². The Labute approximate surface area is 101 Å². The molecule has 1 aromatic rings. The van der Waals surface area contributed by atoms with Gasteiger partial charge in [-0.1, -0.05) is 27.7 Å². The van der Waals surface area contributed by atoms with Crippen molar-refractivity contribution >= 4 is 13.0 Å². The van der Waals surface area contributed by atoms with Crippen LogP contribution in [-0.4, -0.2) is 28.6 Å². The molecule has 96 valence electrons. The average Bonchev–Trinajstić information content (AvgIpc) is 2.72. The fourth-order valence-corrected chi connectivity index (χ4v) is 3.66. The van der Waals surface area contributed by atoms with Gasteiger partial charge in [-0.2, -0.15) is 10.3 Å². The van der Waals surface area contributed by atoms with Crippen LogP contribution in [0, 0.1) is 5.41 Å². The predicted octanol–water partition coefficient (Wildman–Crippen LogP) is 1.82. The van der Waals surface area contributed by atoms with E-state index in [0.717, 1.165) is 0 Å². The van der Waals surface area contributed by atoms with E-state index in [4.69, 9.17) is 9.05 Å². The first-order chi connectivity index (χ1) is 7.84. The Kier molecular flexibility index (Phi) is 3.14. The van der Waals surface area contributed by atoms with Crippen LogP contribution in [0.3, 0.4) is 0 Å². The molecule has 0 spiro atoms. The van der Waals surface area contributed by atoms with E-state index >= 15 is 0 Å². The second-order valence-electron chi connectivity index (χ2n) is 5.40. The number of rotatable bonds is 2. The fourth-order valence-electron chi connectivity index (χ4n) is 1.54. The molecule has 0 aliphatic carbocycles. The predicted molar refractivity (Wildman–Crippen MR) is 63.4 cm³/mol. The maximum Gasteiger partial charge on any atom is 0.383 e. The van der Waals surface area contributed by atoms with Crippen molar-refractivity contribution in [2.24, 2.45) is 5.41 Å². The summed E-state index contributed by atoms with van der Waals surface area (Å²) in [7, 11) is -3.29. The molecule has 2 rings (SSSR count).